The van der Waals surface area contributed by atoms with Crippen molar-refractivity contribution in [1.82, 2.24) is 19.7 Å². The van der Waals surface area contributed by atoms with Crippen LogP contribution in [0, 0.1) is 0 Å². The predicted octanol–water partition coefficient (Wildman–Crippen LogP) is 2.59. The molecule has 0 saturated carbocycles. The standard InChI is InChI=1S/C11H13BrN4/c1-3-4-11-14-9(5-10(12)15-11)8-6-13-16(2)7-8/h5-7H,3-4H2,1-2H3. The molecule has 0 atom stereocenters. The van der Waals surface area contributed by atoms with Crippen molar-refractivity contribution >= 4 is 15.9 Å². The topological polar surface area (TPSA) is 43.6 Å². The average Bonchev–Trinajstić information content (AvgIpc) is 2.64. The first-order valence-electron chi connectivity index (χ1n) is 5.21. The molecule has 5 heteroatoms. The first-order chi connectivity index (χ1) is 7.69. The van der Waals surface area contributed by atoms with Gasteiger partial charge < -0.3 is 0 Å². The van der Waals surface area contributed by atoms with Gasteiger partial charge in [-0.25, -0.2) is 9.97 Å². The Morgan fingerprint density at radius 2 is 2.19 bits per heavy atom. The monoisotopic (exact) mass is 280 g/mol. The molecule has 0 saturated heterocycles. The van der Waals surface area contributed by atoms with E-state index in [1.807, 2.05) is 25.5 Å². The first-order valence-corrected chi connectivity index (χ1v) is 6.01. The smallest absolute Gasteiger partial charge is 0.130 e. The second-order valence-electron chi connectivity index (χ2n) is 3.64. The van der Waals surface area contributed by atoms with E-state index >= 15 is 0 Å². The fourth-order valence-corrected chi connectivity index (χ4v) is 1.92. The Labute approximate surface area is 103 Å². The molecule has 2 heterocycles. The summed E-state index contributed by atoms with van der Waals surface area (Å²) in [5.74, 6) is 0.871. The molecule has 0 bridgehead atoms. The van der Waals surface area contributed by atoms with Gasteiger partial charge in [-0.15, -0.1) is 0 Å². The molecule has 0 fully saturated rings. The van der Waals surface area contributed by atoms with Gasteiger partial charge in [0.2, 0.25) is 0 Å². The molecule has 0 spiro atoms. The van der Waals surface area contributed by atoms with Gasteiger partial charge in [0, 0.05) is 25.2 Å². The van der Waals surface area contributed by atoms with E-state index in [9.17, 15) is 0 Å². The van der Waals surface area contributed by atoms with Crippen molar-refractivity contribution < 1.29 is 0 Å². The van der Waals surface area contributed by atoms with Gasteiger partial charge in [-0.05, 0) is 28.4 Å². The van der Waals surface area contributed by atoms with Crippen molar-refractivity contribution in [2.24, 2.45) is 7.05 Å². The lowest BCUT2D eigenvalue weighted by atomic mass is 10.2. The summed E-state index contributed by atoms with van der Waals surface area (Å²) in [4.78, 5) is 8.85. The van der Waals surface area contributed by atoms with Crippen LogP contribution in [0.15, 0.2) is 23.1 Å². The van der Waals surface area contributed by atoms with Gasteiger partial charge in [-0.1, -0.05) is 6.92 Å². The molecule has 2 rings (SSSR count). The fraction of sp³-hybridized carbons (Fsp3) is 0.364. The van der Waals surface area contributed by atoms with Crippen LogP contribution in [0.2, 0.25) is 0 Å². The minimum atomic E-state index is 0.824. The van der Waals surface area contributed by atoms with Crippen molar-refractivity contribution in [2.75, 3.05) is 0 Å². The molecule has 0 amide bonds. The molecule has 0 aliphatic rings. The van der Waals surface area contributed by atoms with E-state index in [0.29, 0.717) is 0 Å². The van der Waals surface area contributed by atoms with Crippen molar-refractivity contribution in [3.05, 3.63) is 28.9 Å². The van der Waals surface area contributed by atoms with Crippen molar-refractivity contribution in [3.63, 3.8) is 0 Å². The molecule has 0 unspecified atom stereocenters. The van der Waals surface area contributed by atoms with Crippen LogP contribution in [0.4, 0.5) is 0 Å². The third-order valence-electron chi connectivity index (χ3n) is 2.22. The fourth-order valence-electron chi connectivity index (χ4n) is 1.50. The van der Waals surface area contributed by atoms with Crippen molar-refractivity contribution in [3.8, 4) is 11.3 Å². The molecule has 0 N–H and O–H groups in total. The highest BCUT2D eigenvalue weighted by Crippen LogP contribution is 2.19. The Balaban J connectivity index is 2.40. The van der Waals surface area contributed by atoms with Gasteiger partial charge in [0.05, 0.1) is 11.9 Å². The summed E-state index contributed by atoms with van der Waals surface area (Å²) < 4.78 is 2.59. The van der Waals surface area contributed by atoms with E-state index in [-0.39, 0.29) is 0 Å². The maximum atomic E-state index is 4.51. The van der Waals surface area contributed by atoms with E-state index in [4.69, 9.17) is 0 Å². The highest BCUT2D eigenvalue weighted by atomic mass is 79.9. The largest absolute Gasteiger partial charge is 0.275 e. The summed E-state index contributed by atoms with van der Waals surface area (Å²) in [6.45, 7) is 2.12. The summed E-state index contributed by atoms with van der Waals surface area (Å²) in [7, 11) is 1.90. The molecule has 0 aliphatic heterocycles. The number of hydrogen-bond donors (Lipinski definition) is 0. The molecule has 0 aliphatic carbocycles. The third kappa shape index (κ3) is 2.47. The summed E-state index contributed by atoms with van der Waals surface area (Å²) in [6.07, 6.45) is 5.70. The van der Waals surface area contributed by atoms with Crippen molar-refractivity contribution in [1.29, 1.82) is 0 Å². The van der Waals surface area contributed by atoms with Crippen LogP contribution in [-0.4, -0.2) is 19.7 Å². The third-order valence-corrected chi connectivity index (χ3v) is 2.62. The van der Waals surface area contributed by atoms with Crippen molar-refractivity contribution in [2.45, 2.75) is 19.8 Å². The summed E-state index contributed by atoms with van der Waals surface area (Å²) in [5.41, 5.74) is 1.93. The molecular weight excluding hydrogens is 268 g/mol. The molecule has 16 heavy (non-hydrogen) atoms. The van der Waals surface area contributed by atoms with Crippen LogP contribution in [0.5, 0.6) is 0 Å². The number of halogens is 1. The van der Waals surface area contributed by atoms with Crippen LogP contribution in [0.3, 0.4) is 0 Å². The Bertz CT molecular complexity index is 492. The van der Waals surface area contributed by atoms with Crippen LogP contribution >= 0.6 is 15.9 Å². The molecule has 0 aromatic carbocycles. The number of aromatic nitrogens is 4. The van der Waals surface area contributed by atoms with Crippen LogP contribution in [-0.2, 0) is 13.5 Å². The second kappa shape index (κ2) is 4.74. The van der Waals surface area contributed by atoms with E-state index in [2.05, 4.69) is 37.9 Å². The van der Waals surface area contributed by atoms with Gasteiger partial charge >= 0.3 is 0 Å². The first kappa shape index (κ1) is 11.3. The zero-order valence-corrected chi connectivity index (χ0v) is 10.9. The van der Waals surface area contributed by atoms with E-state index in [0.717, 1.165) is 34.5 Å². The van der Waals surface area contributed by atoms with Gasteiger partial charge in [-0.3, -0.25) is 4.68 Å². The van der Waals surface area contributed by atoms with Crippen LogP contribution in [0.1, 0.15) is 19.2 Å². The average molecular weight is 281 g/mol. The van der Waals surface area contributed by atoms with Gasteiger partial charge in [0.1, 0.15) is 10.4 Å². The lowest BCUT2D eigenvalue weighted by Crippen LogP contribution is -1.96. The molecule has 2 aromatic heterocycles. The predicted molar refractivity (Wildman–Crippen MR) is 65.9 cm³/mol. The molecule has 2 aromatic rings. The lowest BCUT2D eigenvalue weighted by Gasteiger charge is -2.02. The SMILES string of the molecule is CCCc1nc(Br)cc(-c2cnn(C)c2)n1. The zero-order chi connectivity index (χ0) is 11.5. The normalized spacial score (nSPS) is 10.7. The second-order valence-corrected chi connectivity index (χ2v) is 4.46. The van der Waals surface area contributed by atoms with Gasteiger partial charge in [-0.2, -0.15) is 5.10 Å². The summed E-state index contributed by atoms with van der Waals surface area (Å²) in [6, 6.07) is 1.91. The maximum absolute atomic E-state index is 4.51. The minimum absolute atomic E-state index is 0.824. The number of rotatable bonds is 3. The minimum Gasteiger partial charge on any atom is -0.275 e. The summed E-state index contributed by atoms with van der Waals surface area (Å²) in [5, 5.41) is 4.14. The lowest BCUT2D eigenvalue weighted by molar-refractivity contribution is 0.768. The highest BCUT2D eigenvalue weighted by molar-refractivity contribution is 9.10. The Hall–Kier alpha value is -1.23. The number of nitrogens with zero attached hydrogens (tertiary/aromatic N) is 4. The Kier molecular flexibility index (Phi) is 3.33. The van der Waals surface area contributed by atoms with Gasteiger partial charge in [0.25, 0.3) is 0 Å². The summed E-state index contributed by atoms with van der Waals surface area (Å²) >= 11 is 3.41. The maximum Gasteiger partial charge on any atom is 0.130 e. The Morgan fingerprint density at radius 1 is 1.38 bits per heavy atom. The molecular formula is C11H13BrN4. The van der Waals surface area contributed by atoms with E-state index in [1.54, 1.807) is 4.68 Å². The highest BCUT2D eigenvalue weighted by Gasteiger charge is 2.06. The van der Waals surface area contributed by atoms with Crippen LogP contribution < -0.4 is 0 Å². The van der Waals surface area contributed by atoms with Gasteiger partial charge in [0.15, 0.2) is 0 Å². The molecule has 0 radical (unpaired) electrons. The van der Waals surface area contributed by atoms with Crippen LogP contribution in [0.25, 0.3) is 11.3 Å². The quantitative estimate of drug-likeness (QED) is 0.812. The molecule has 84 valence electrons. The molecule has 4 nitrogen and oxygen atoms in total. The Morgan fingerprint density at radius 3 is 2.81 bits per heavy atom. The zero-order valence-electron chi connectivity index (χ0n) is 9.31. The van der Waals surface area contributed by atoms with E-state index in [1.165, 1.54) is 0 Å². The van der Waals surface area contributed by atoms with E-state index < -0.39 is 0 Å². The number of aryl methyl sites for hydroxylation is 2. The number of hydrogen-bond acceptors (Lipinski definition) is 3.